The molecule has 2 fully saturated rings. The molecule has 1 aliphatic heterocycles. The van der Waals surface area contributed by atoms with Gasteiger partial charge < -0.3 is 5.11 Å². The van der Waals surface area contributed by atoms with Gasteiger partial charge in [0.1, 0.15) is 6.04 Å². The van der Waals surface area contributed by atoms with Gasteiger partial charge in [-0.1, -0.05) is 12.8 Å². The van der Waals surface area contributed by atoms with E-state index in [0.717, 1.165) is 37.1 Å². The van der Waals surface area contributed by atoms with E-state index in [-0.39, 0.29) is 6.04 Å². The van der Waals surface area contributed by atoms with Crippen molar-refractivity contribution in [2.45, 2.75) is 64.1 Å². The molecule has 21 heavy (non-hydrogen) atoms. The molecule has 1 N–H and O–H groups in total. The lowest BCUT2D eigenvalue weighted by molar-refractivity contribution is -0.148. The number of piperidine rings is 1. The molecule has 2 aliphatic rings. The van der Waals surface area contributed by atoms with Gasteiger partial charge in [0.25, 0.3) is 0 Å². The van der Waals surface area contributed by atoms with Crippen LogP contribution in [0.2, 0.25) is 0 Å². The molecule has 0 amide bonds. The molecule has 0 spiro atoms. The lowest BCUT2D eigenvalue weighted by Gasteiger charge is -2.47. The van der Waals surface area contributed by atoms with Crippen LogP contribution in [-0.2, 0) is 18.4 Å². The number of carboxylic acid groups (broad SMARTS) is 1. The Morgan fingerprint density at radius 1 is 1.33 bits per heavy atom. The summed E-state index contributed by atoms with van der Waals surface area (Å²) in [5.74, 6) is 0.0203. The summed E-state index contributed by atoms with van der Waals surface area (Å²) in [6.07, 6.45) is 8.84. The fraction of sp³-hybridized carbons (Fsp3) is 0.750. The Labute approximate surface area is 125 Å². The first-order valence-electron chi connectivity index (χ1n) is 8.04. The minimum atomic E-state index is -0.666. The summed E-state index contributed by atoms with van der Waals surface area (Å²) in [6, 6.07) is 0.108. The number of carboxylic acids is 1. The number of fused-ring (bicyclic) bond motifs is 1. The van der Waals surface area contributed by atoms with Crippen molar-refractivity contribution in [2.24, 2.45) is 13.0 Å². The van der Waals surface area contributed by atoms with Gasteiger partial charge in [-0.05, 0) is 38.5 Å². The van der Waals surface area contributed by atoms with Crippen LogP contribution in [0.1, 0.15) is 49.8 Å². The SMILES string of the molecule is Cc1nn(C)cc1CN1C(C(=O)O)CCC2CCCCC21. The van der Waals surface area contributed by atoms with Crippen molar-refractivity contribution in [1.82, 2.24) is 14.7 Å². The minimum Gasteiger partial charge on any atom is -0.480 e. The second kappa shape index (κ2) is 5.79. The highest BCUT2D eigenvalue weighted by atomic mass is 16.4. The van der Waals surface area contributed by atoms with Gasteiger partial charge >= 0.3 is 5.97 Å². The second-order valence-corrected chi connectivity index (χ2v) is 6.63. The number of hydrogen-bond acceptors (Lipinski definition) is 3. The molecule has 0 aromatic carbocycles. The van der Waals surface area contributed by atoms with Crippen LogP contribution in [-0.4, -0.2) is 37.8 Å². The van der Waals surface area contributed by atoms with Crippen LogP contribution in [0, 0.1) is 12.8 Å². The van der Waals surface area contributed by atoms with Crippen molar-refractivity contribution in [3.05, 3.63) is 17.5 Å². The Bertz CT molecular complexity index is 526. The average Bonchev–Trinajstić information content (AvgIpc) is 2.77. The Kier molecular flexibility index (Phi) is 4.02. The summed E-state index contributed by atoms with van der Waals surface area (Å²) in [7, 11) is 1.92. The van der Waals surface area contributed by atoms with Crippen molar-refractivity contribution >= 4 is 5.97 Å². The van der Waals surface area contributed by atoms with Crippen LogP contribution in [0.15, 0.2) is 6.20 Å². The van der Waals surface area contributed by atoms with E-state index >= 15 is 0 Å². The molecular weight excluding hydrogens is 266 g/mol. The molecule has 1 saturated heterocycles. The zero-order chi connectivity index (χ0) is 15.0. The first-order valence-corrected chi connectivity index (χ1v) is 8.04. The highest BCUT2D eigenvalue weighted by Crippen LogP contribution is 2.38. The number of rotatable bonds is 3. The Balaban J connectivity index is 1.85. The van der Waals surface area contributed by atoms with Gasteiger partial charge in [0.05, 0.1) is 5.69 Å². The fourth-order valence-electron chi connectivity index (χ4n) is 4.22. The third kappa shape index (κ3) is 2.84. The number of likely N-dealkylation sites (tertiary alicyclic amines) is 1. The third-order valence-electron chi connectivity index (χ3n) is 5.26. The molecule has 116 valence electrons. The van der Waals surface area contributed by atoms with Crippen molar-refractivity contribution in [3.63, 3.8) is 0 Å². The number of carbonyl (C=O) groups is 1. The Morgan fingerprint density at radius 2 is 2.10 bits per heavy atom. The van der Waals surface area contributed by atoms with Crippen molar-refractivity contribution in [3.8, 4) is 0 Å². The van der Waals surface area contributed by atoms with Crippen molar-refractivity contribution in [2.75, 3.05) is 0 Å². The topological polar surface area (TPSA) is 58.4 Å². The number of nitrogens with zero attached hydrogens (tertiary/aromatic N) is 3. The summed E-state index contributed by atoms with van der Waals surface area (Å²) in [4.78, 5) is 13.9. The number of hydrogen-bond donors (Lipinski definition) is 1. The lowest BCUT2D eigenvalue weighted by atomic mass is 9.76. The van der Waals surface area contributed by atoms with Gasteiger partial charge in [-0.2, -0.15) is 5.10 Å². The lowest BCUT2D eigenvalue weighted by Crippen LogP contribution is -2.54. The third-order valence-corrected chi connectivity index (χ3v) is 5.26. The largest absolute Gasteiger partial charge is 0.480 e. The monoisotopic (exact) mass is 291 g/mol. The normalized spacial score (nSPS) is 30.1. The van der Waals surface area contributed by atoms with E-state index in [4.69, 9.17) is 0 Å². The predicted molar refractivity (Wildman–Crippen MR) is 79.9 cm³/mol. The molecule has 0 bridgehead atoms. The maximum Gasteiger partial charge on any atom is 0.320 e. The van der Waals surface area contributed by atoms with Gasteiger partial charge in [-0.3, -0.25) is 14.4 Å². The van der Waals surface area contributed by atoms with Crippen LogP contribution >= 0.6 is 0 Å². The summed E-state index contributed by atoms with van der Waals surface area (Å²) < 4.78 is 1.82. The smallest absolute Gasteiger partial charge is 0.320 e. The van der Waals surface area contributed by atoms with E-state index < -0.39 is 5.97 Å². The van der Waals surface area contributed by atoms with E-state index in [1.807, 2.05) is 24.9 Å². The van der Waals surface area contributed by atoms with Crippen LogP contribution in [0.4, 0.5) is 0 Å². The Hall–Kier alpha value is -1.36. The molecule has 2 heterocycles. The van der Waals surface area contributed by atoms with Gasteiger partial charge in [0, 0.05) is 31.4 Å². The van der Waals surface area contributed by atoms with E-state index in [9.17, 15) is 9.90 Å². The van der Waals surface area contributed by atoms with Crippen LogP contribution in [0.25, 0.3) is 0 Å². The molecule has 1 aromatic rings. The molecule has 3 unspecified atom stereocenters. The molecule has 1 aromatic heterocycles. The second-order valence-electron chi connectivity index (χ2n) is 6.63. The first kappa shape index (κ1) is 14.6. The van der Waals surface area contributed by atoms with Gasteiger partial charge in [-0.25, -0.2) is 0 Å². The van der Waals surface area contributed by atoms with E-state index in [0.29, 0.717) is 12.0 Å². The van der Waals surface area contributed by atoms with E-state index in [2.05, 4.69) is 10.00 Å². The molecular formula is C16H25N3O2. The molecule has 1 aliphatic carbocycles. The fourth-order valence-corrected chi connectivity index (χ4v) is 4.22. The first-order chi connectivity index (χ1) is 10.1. The zero-order valence-corrected chi connectivity index (χ0v) is 13.0. The molecule has 3 rings (SSSR count). The molecule has 5 nitrogen and oxygen atoms in total. The molecule has 0 radical (unpaired) electrons. The quantitative estimate of drug-likeness (QED) is 0.928. The van der Waals surface area contributed by atoms with Crippen LogP contribution < -0.4 is 0 Å². The maximum atomic E-state index is 11.7. The predicted octanol–water partition coefficient (Wildman–Crippen LogP) is 2.34. The zero-order valence-electron chi connectivity index (χ0n) is 13.0. The van der Waals surface area contributed by atoms with E-state index in [1.165, 1.54) is 19.3 Å². The van der Waals surface area contributed by atoms with Gasteiger partial charge in [-0.15, -0.1) is 0 Å². The summed E-state index contributed by atoms with van der Waals surface area (Å²) >= 11 is 0. The van der Waals surface area contributed by atoms with Crippen molar-refractivity contribution in [1.29, 1.82) is 0 Å². The van der Waals surface area contributed by atoms with Gasteiger partial charge in [0.2, 0.25) is 0 Å². The number of aromatic nitrogens is 2. The molecule has 5 heteroatoms. The average molecular weight is 291 g/mol. The summed E-state index contributed by atoms with van der Waals surface area (Å²) in [5.41, 5.74) is 2.18. The van der Waals surface area contributed by atoms with Crippen LogP contribution in [0.5, 0.6) is 0 Å². The number of aliphatic carboxylic acids is 1. The minimum absolute atomic E-state index is 0.330. The van der Waals surface area contributed by atoms with Crippen LogP contribution in [0.3, 0.4) is 0 Å². The van der Waals surface area contributed by atoms with Gasteiger partial charge in [0.15, 0.2) is 0 Å². The maximum absolute atomic E-state index is 11.7. The van der Waals surface area contributed by atoms with Crippen molar-refractivity contribution < 1.29 is 9.90 Å². The summed E-state index contributed by atoms with van der Waals surface area (Å²) in [6.45, 7) is 2.73. The number of aryl methyl sites for hydroxylation is 2. The standard InChI is InChI=1S/C16H25N3O2/c1-11-13(9-18(2)17-11)10-19-14-6-4-3-5-12(14)7-8-15(19)16(20)21/h9,12,14-15H,3-8,10H2,1-2H3,(H,20,21). The molecule has 1 saturated carbocycles. The highest BCUT2D eigenvalue weighted by molar-refractivity contribution is 5.73. The highest BCUT2D eigenvalue weighted by Gasteiger charge is 2.41. The summed E-state index contributed by atoms with van der Waals surface area (Å²) in [5, 5.41) is 14.0. The van der Waals surface area contributed by atoms with E-state index in [1.54, 1.807) is 0 Å². The Morgan fingerprint density at radius 3 is 2.76 bits per heavy atom. The molecule has 3 atom stereocenters.